The molecule has 0 spiro atoms. The van der Waals surface area contributed by atoms with Gasteiger partial charge in [0.25, 0.3) is 0 Å². The van der Waals surface area contributed by atoms with Crippen molar-refractivity contribution in [3.8, 4) is 17.4 Å². The Morgan fingerprint density at radius 2 is 1.92 bits per heavy atom. The Balaban J connectivity index is 2.37. The Labute approximate surface area is 139 Å². The van der Waals surface area contributed by atoms with E-state index in [1.807, 2.05) is 0 Å². The molecule has 7 nitrogen and oxygen atoms in total. The van der Waals surface area contributed by atoms with E-state index in [1.165, 1.54) is 28.1 Å². The summed E-state index contributed by atoms with van der Waals surface area (Å²) in [7, 11) is 4.71. The van der Waals surface area contributed by atoms with Gasteiger partial charge < -0.3 is 29.0 Å². The first-order chi connectivity index (χ1) is 11.2. The van der Waals surface area contributed by atoms with E-state index in [-0.39, 0.29) is 16.9 Å². The average Bonchev–Trinajstić information content (AvgIpc) is 2.89. The molecule has 0 fully saturated rings. The molecule has 1 aromatic heterocycles. The highest BCUT2D eigenvalue weighted by atomic mass is 16.5. The monoisotopic (exact) mass is 335 g/mol. The zero-order valence-electron chi connectivity index (χ0n) is 14.3. The first kappa shape index (κ1) is 16.6. The molecule has 1 aliphatic rings. The Bertz CT molecular complexity index is 864. The minimum atomic E-state index is -1.31. The fraction of sp³-hybridized carbons (Fsp3) is 0.471. The van der Waals surface area contributed by atoms with Crippen molar-refractivity contribution in [3.63, 3.8) is 0 Å². The maximum Gasteiger partial charge on any atom is 0.204 e. The van der Waals surface area contributed by atoms with Crippen molar-refractivity contribution in [1.82, 2.24) is 4.57 Å². The van der Waals surface area contributed by atoms with Gasteiger partial charge in [-0.05, 0) is 26.0 Å². The molecule has 2 heterocycles. The van der Waals surface area contributed by atoms with Gasteiger partial charge in [-0.3, -0.25) is 4.79 Å². The fourth-order valence-corrected chi connectivity index (χ4v) is 3.22. The summed E-state index contributed by atoms with van der Waals surface area (Å²) < 4.78 is 18.1. The van der Waals surface area contributed by atoms with Gasteiger partial charge in [0, 0.05) is 7.05 Å². The molecule has 7 heteroatoms. The summed E-state index contributed by atoms with van der Waals surface area (Å²) in [5.41, 5.74) is -1.02. The topological polar surface area (TPSA) is 90.2 Å². The van der Waals surface area contributed by atoms with Gasteiger partial charge in [0.2, 0.25) is 5.88 Å². The molecule has 130 valence electrons. The standard InChI is InChI=1S/C17H21NO6/c1-17(2,21)15-13(20)10-12(19)8-6-7-9(22-4)14(23-5)11(8)18(3)16(10)24-15/h6-7,13,15,20-21H,1-5H3. The predicted octanol–water partition coefficient (Wildman–Crippen LogP) is 1.12. The summed E-state index contributed by atoms with van der Waals surface area (Å²) in [6, 6.07) is 3.27. The molecule has 0 aliphatic carbocycles. The zero-order chi connectivity index (χ0) is 17.8. The Morgan fingerprint density at radius 3 is 2.46 bits per heavy atom. The Kier molecular flexibility index (Phi) is 3.73. The number of aryl methyl sites for hydroxylation is 1. The number of aromatic nitrogens is 1. The number of hydrogen-bond acceptors (Lipinski definition) is 6. The molecular weight excluding hydrogens is 314 g/mol. The van der Waals surface area contributed by atoms with Gasteiger partial charge >= 0.3 is 0 Å². The molecule has 3 rings (SSSR count). The molecule has 0 saturated carbocycles. The van der Waals surface area contributed by atoms with Crippen LogP contribution in [0, 0.1) is 0 Å². The first-order valence-electron chi connectivity index (χ1n) is 7.57. The summed E-state index contributed by atoms with van der Waals surface area (Å²) in [5.74, 6) is 1.11. The van der Waals surface area contributed by atoms with Gasteiger partial charge in [-0.25, -0.2) is 0 Å². The molecule has 1 aliphatic heterocycles. The van der Waals surface area contributed by atoms with Gasteiger partial charge in [-0.1, -0.05) is 0 Å². The van der Waals surface area contributed by atoms with Gasteiger partial charge in [0.1, 0.15) is 11.6 Å². The number of rotatable bonds is 3. The quantitative estimate of drug-likeness (QED) is 0.874. The van der Waals surface area contributed by atoms with Crippen molar-refractivity contribution in [3.05, 3.63) is 27.9 Å². The lowest BCUT2D eigenvalue weighted by molar-refractivity contribution is -0.0779. The van der Waals surface area contributed by atoms with Crippen molar-refractivity contribution in [2.75, 3.05) is 14.2 Å². The minimum Gasteiger partial charge on any atom is -0.493 e. The van der Waals surface area contributed by atoms with Crippen molar-refractivity contribution >= 4 is 10.9 Å². The number of fused-ring (bicyclic) bond motifs is 2. The summed E-state index contributed by atoms with van der Waals surface area (Å²) in [5, 5.41) is 21.1. The van der Waals surface area contributed by atoms with Crippen LogP contribution in [0.3, 0.4) is 0 Å². The fourth-order valence-electron chi connectivity index (χ4n) is 3.22. The maximum absolute atomic E-state index is 12.9. The number of benzene rings is 1. The zero-order valence-corrected chi connectivity index (χ0v) is 14.3. The van der Waals surface area contributed by atoms with Crippen LogP contribution in [0.5, 0.6) is 17.4 Å². The largest absolute Gasteiger partial charge is 0.493 e. The van der Waals surface area contributed by atoms with E-state index >= 15 is 0 Å². The molecule has 2 aromatic rings. The second-order valence-electron chi connectivity index (χ2n) is 6.44. The van der Waals surface area contributed by atoms with Crippen molar-refractivity contribution in [1.29, 1.82) is 0 Å². The predicted molar refractivity (Wildman–Crippen MR) is 88.0 cm³/mol. The Morgan fingerprint density at radius 1 is 1.25 bits per heavy atom. The van der Waals surface area contributed by atoms with E-state index in [1.54, 1.807) is 23.7 Å². The molecular formula is C17H21NO6. The number of methoxy groups -OCH3 is 2. The minimum absolute atomic E-state index is 0.143. The third-order valence-corrected chi connectivity index (χ3v) is 4.40. The van der Waals surface area contributed by atoms with E-state index in [9.17, 15) is 15.0 Å². The van der Waals surface area contributed by atoms with Crippen LogP contribution in [0.4, 0.5) is 0 Å². The summed E-state index contributed by atoms with van der Waals surface area (Å²) in [4.78, 5) is 12.9. The number of pyridine rings is 1. The lowest BCUT2D eigenvalue weighted by atomic mass is 9.94. The lowest BCUT2D eigenvalue weighted by Gasteiger charge is -2.27. The molecule has 0 radical (unpaired) electrons. The number of aliphatic hydroxyl groups excluding tert-OH is 1. The van der Waals surface area contributed by atoms with Crippen LogP contribution in [-0.2, 0) is 7.05 Å². The summed E-state index contributed by atoms with van der Waals surface area (Å²) >= 11 is 0. The van der Waals surface area contributed by atoms with Crippen LogP contribution in [-0.4, -0.2) is 40.7 Å². The van der Waals surface area contributed by atoms with Gasteiger partial charge in [0.15, 0.2) is 23.0 Å². The van der Waals surface area contributed by atoms with Crippen LogP contribution < -0.4 is 19.6 Å². The van der Waals surface area contributed by atoms with Crippen LogP contribution in [0.1, 0.15) is 25.5 Å². The third kappa shape index (κ3) is 2.16. The average molecular weight is 335 g/mol. The second-order valence-corrected chi connectivity index (χ2v) is 6.44. The normalized spacial score (nSPS) is 20.0. The number of nitrogens with zero attached hydrogens (tertiary/aromatic N) is 1. The second kappa shape index (κ2) is 5.39. The van der Waals surface area contributed by atoms with E-state index < -0.39 is 17.8 Å². The highest BCUT2D eigenvalue weighted by molar-refractivity contribution is 5.89. The summed E-state index contributed by atoms with van der Waals surface area (Å²) in [6.07, 6.45) is -2.15. The molecule has 24 heavy (non-hydrogen) atoms. The first-order valence-corrected chi connectivity index (χ1v) is 7.57. The highest BCUT2D eigenvalue weighted by Gasteiger charge is 2.45. The number of aliphatic hydroxyl groups is 2. The molecule has 2 atom stereocenters. The van der Waals surface area contributed by atoms with Gasteiger partial charge in [0.05, 0.1) is 30.8 Å². The van der Waals surface area contributed by atoms with E-state index in [2.05, 4.69) is 0 Å². The van der Waals surface area contributed by atoms with Crippen molar-refractivity contribution in [2.45, 2.75) is 31.7 Å². The highest BCUT2D eigenvalue weighted by Crippen LogP contribution is 2.43. The molecule has 2 unspecified atom stereocenters. The van der Waals surface area contributed by atoms with Gasteiger partial charge in [-0.2, -0.15) is 0 Å². The Hall–Kier alpha value is -2.25. The molecule has 1 aromatic carbocycles. The third-order valence-electron chi connectivity index (χ3n) is 4.40. The van der Waals surface area contributed by atoms with Crippen LogP contribution in [0.15, 0.2) is 16.9 Å². The maximum atomic E-state index is 12.9. The van der Waals surface area contributed by atoms with Crippen molar-refractivity contribution in [2.24, 2.45) is 7.05 Å². The van der Waals surface area contributed by atoms with E-state index in [0.29, 0.717) is 22.4 Å². The van der Waals surface area contributed by atoms with Crippen LogP contribution >= 0.6 is 0 Å². The molecule has 0 saturated heterocycles. The molecule has 0 amide bonds. The SMILES string of the molecule is COc1ccc2c(=O)c3c(n(C)c2c1OC)OC(C(C)(C)O)C3O. The number of hydrogen-bond donors (Lipinski definition) is 2. The van der Waals surface area contributed by atoms with E-state index in [4.69, 9.17) is 14.2 Å². The lowest BCUT2D eigenvalue weighted by Crippen LogP contribution is -2.42. The van der Waals surface area contributed by atoms with Crippen LogP contribution in [0.25, 0.3) is 10.9 Å². The number of ether oxygens (including phenoxy) is 3. The van der Waals surface area contributed by atoms with Crippen LogP contribution in [0.2, 0.25) is 0 Å². The smallest absolute Gasteiger partial charge is 0.204 e. The molecule has 2 N–H and O–H groups in total. The van der Waals surface area contributed by atoms with E-state index in [0.717, 1.165) is 0 Å². The molecule has 0 bridgehead atoms. The van der Waals surface area contributed by atoms with Gasteiger partial charge in [-0.15, -0.1) is 0 Å². The van der Waals surface area contributed by atoms with Crippen molar-refractivity contribution < 1.29 is 24.4 Å². The summed E-state index contributed by atoms with van der Waals surface area (Å²) in [6.45, 7) is 3.06.